The first-order valence-electron chi connectivity index (χ1n) is 7.61. The smallest absolute Gasteiger partial charge is 0.0870 e. The molecule has 2 rings (SSSR count). The average molecular weight is 261 g/mol. The van der Waals surface area contributed by atoms with Crippen LogP contribution in [0, 0.1) is 0 Å². The summed E-state index contributed by atoms with van der Waals surface area (Å²) in [5.41, 5.74) is 8.97. The van der Waals surface area contributed by atoms with Crippen LogP contribution in [0.2, 0.25) is 0 Å². The molecule has 0 aromatic heterocycles. The lowest BCUT2D eigenvalue weighted by atomic mass is 9.77. The van der Waals surface area contributed by atoms with Crippen molar-refractivity contribution in [1.82, 2.24) is 0 Å². The molecule has 19 heavy (non-hydrogen) atoms. The van der Waals surface area contributed by atoms with E-state index in [2.05, 4.69) is 31.2 Å². The van der Waals surface area contributed by atoms with Gasteiger partial charge in [-0.3, -0.25) is 0 Å². The Morgan fingerprint density at radius 3 is 2.32 bits per heavy atom. The van der Waals surface area contributed by atoms with Gasteiger partial charge in [-0.1, -0.05) is 56.9 Å². The van der Waals surface area contributed by atoms with Gasteiger partial charge in [0.2, 0.25) is 0 Å². The highest BCUT2D eigenvalue weighted by Gasteiger charge is 2.38. The first kappa shape index (κ1) is 14.5. The van der Waals surface area contributed by atoms with Crippen LogP contribution >= 0.6 is 0 Å². The minimum Gasteiger partial charge on any atom is -0.376 e. The Morgan fingerprint density at radius 2 is 1.79 bits per heavy atom. The molecule has 1 unspecified atom stereocenters. The highest BCUT2D eigenvalue weighted by atomic mass is 16.5. The molecule has 1 atom stereocenters. The monoisotopic (exact) mass is 261 g/mol. The number of ether oxygens (including phenoxy) is 1. The van der Waals surface area contributed by atoms with Crippen molar-refractivity contribution in [3.63, 3.8) is 0 Å². The van der Waals surface area contributed by atoms with Crippen molar-refractivity contribution >= 4 is 0 Å². The van der Waals surface area contributed by atoms with Crippen LogP contribution in [0.1, 0.15) is 62.6 Å². The zero-order valence-electron chi connectivity index (χ0n) is 12.3. The molecule has 106 valence electrons. The van der Waals surface area contributed by atoms with Gasteiger partial charge >= 0.3 is 0 Å². The molecule has 1 aromatic rings. The third kappa shape index (κ3) is 3.18. The number of hydrogen-bond donors (Lipinski definition) is 1. The van der Waals surface area contributed by atoms with Crippen molar-refractivity contribution in [2.45, 2.75) is 63.5 Å². The molecule has 1 aromatic carbocycles. The lowest BCUT2D eigenvalue weighted by Gasteiger charge is -2.41. The number of aryl methyl sites for hydroxylation is 1. The number of benzene rings is 1. The van der Waals surface area contributed by atoms with Crippen molar-refractivity contribution in [3.05, 3.63) is 35.4 Å². The van der Waals surface area contributed by atoms with Gasteiger partial charge in [0.25, 0.3) is 0 Å². The molecule has 0 heterocycles. The normalized spacial score (nSPS) is 20.2. The Balaban J connectivity index is 2.14. The topological polar surface area (TPSA) is 35.2 Å². The Labute approximate surface area is 117 Å². The second-order valence-electron chi connectivity index (χ2n) is 5.80. The Morgan fingerprint density at radius 1 is 1.16 bits per heavy atom. The summed E-state index contributed by atoms with van der Waals surface area (Å²) in [5.74, 6) is 0. The molecule has 2 N–H and O–H groups in total. The number of methoxy groups -OCH3 is 1. The minimum absolute atomic E-state index is 0.00604. The quantitative estimate of drug-likeness (QED) is 0.870. The van der Waals surface area contributed by atoms with Crippen LogP contribution in [0.3, 0.4) is 0 Å². The van der Waals surface area contributed by atoms with Gasteiger partial charge < -0.3 is 10.5 Å². The summed E-state index contributed by atoms with van der Waals surface area (Å²) in [7, 11) is 1.82. The second-order valence-corrected chi connectivity index (χ2v) is 5.80. The summed E-state index contributed by atoms with van der Waals surface area (Å²) < 4.78 is 5.85. The number of hydrogen-bond acceptors (Lipinski definition) is 2. The molecular formula is C17H27NO. The fraction of sp³-hybridized carbons (Fsp3) is 0.647. The van der Waals surface area contributed by atoms with Gasteiger partial charge in [-0.15, -0.1) is 0 Å². The fourth-order valence-electron chi connectivity index (χ4n) is 3.28. The van der Waals surface area contributed by atoms with Gasteiger partial charge in [0.1, 0.15) is 0 Å². The van der Waals surface area contributed by atoms with Crippen LogP contribution in [0.5, 0.6) is 0 Å². The van der Waals surface area contributed by atoms with Crippen molar-refractivity contribution in [2.75, 3.05) is 7.11 Å². The molecule has 1 saturated carbocycles. The zero-order chi connectivity index (χ0) is 13.7. The van der Waals surface area contributed by atoms with Gasteiger partial charge in [-0.05, 0) is 30.4 Å². The molecular weight excluding hydrogens is 234 g/mol. The molecule has 0 radical (unpaired) electrons. The van der Waals surface area contributed by atoms with Gasteiger partial charge in [0.15, 0.2) is 0 Å². The number of rotatable bonds is 5. The molecule has 1 fully saturated rings. The maximum atomic E-state index is 6.51. The lowest BCUT2D eigenvalue weighted by Crippen LogP contribution is -2.44. The standard InChI is InChI=1S/C17H27NO/c1-3-7-14-8-10-15(11-9-14)16(18)17(19-2)12-5-4-6-13-17/h8-11,16H,3-7,12-13,18H2,1-2H3. The maximum Gasteiger partial charge on any atom is 0.0870 e. The van der Waals surface area contributed by atoms with Crippen LogP contribution in [-0.4, -0.2) is 12.7 Å². The van der Waals surface area contributed by atoms with E-state index in [4.69, 9.17) is 10.5 Å². The summed E-state index contributed by atoms with van der Waals surface area (Å²) in [6.07, 6.45) is 8.28. The van der Waals surface area contributed by atoms with Crippen LogP contribution in [0.4, 0.5) is 0 Å². The molecule has 0 amide bonds. The molecule has 2 heteroatoms. The predicted octanol–water partition coefficient (Wildman–Crippen LogP) is 3.99. The Bertz CT molecular complexity index is 379. The second kappa shape index (κ2) is 6.53. The van der Waals surface area contributed by atoms with Gasteiger partial charge in [-0.25, -0.2) is 0 Å². The van der Waals surface area contributed by atoms with Crippen LogP contribution in [0.15, 0.2) is 24.3 Å². The lowest BCUT2D eigenvalue weighted by molar-refractivity contribution is -0.0595. The van der Waals surface area contributed by atoms with E-state index >= 15 is 0 Å². The molecule has 0 spiro atoms. The highest BCUT2D eigenvalue weighted by Crippen LogP contribution is 2.39. The molecule has 1 aliphatic rings. The first-order valence-corrected chi connectivity index (χ1v) is 7.61. The van der Waals surface area contributed by atoms with Gasteiger partial charge in [-0.2, -0.15) is 0 Å². The summed E-state index contributed by atoms with van der Waals surface area (Å²) in [6.45, 7) is 2.21. The third-order valence-electron chi connectivity index (χ3n) is 4.55. The Hall–Kier alpha value is -0.860. The fourth-order valence-corrected chi connectivity index (χ4v) is 3.28. The van der Waals surface area contributed by atoms with E-state index < -0.39 is 0 Å². The summed E-state index contributed by atoms with van der Waals surface area (Å²) in [5, 5.41) is 0. The van der Waals surface area contributed by atoms with E-state index in [1.165, 1.54) is 36.8 Å². The molecule has 0 aliphatic heterocycles. The van der Waals surface area contributed by atoms with Crippen molar-refractivity contribution in [3.8, 4) is 0 Å². The number of nitrogens with two attached hydrogens (primary N) is 1. The zero-order valence-corrected chi connectivity index (χ0v) is 12.3. The maximum absolute atomic E-state index is 6.51. The largest absolute Gasteiger partial charge is 0.376 e. The summed E-state index contributed by atoms with van der Waals surface area (Å²) in [6, 6.07) is 8.79. The van der Waals surface area contributed by atoms with E-state index in [0.717, 1.165) is 19.3 Å². The average Bonchev–Trinajstić information content (AvgIpc) is 2.48. The van der Waals surface area contributed by atoms with Crippen LogP contribution in [0.25, 0.3) is 0 Å². The van der Waals surface area contributed by atoms with Crippen molar-refractivity contribution in [1.29, 1.82) is 0 Å². The van der Waals surface area contributed by atoms with Crippen LogP contribution in [-0.2, 0) is 11.2 Å². The van der Waals surface area contributed by atoms with Crippen molar-refractivity contribution in [2.24, 2.45) is 5.73 Å². The van der Waals surface area contributed by atoms with E-state index in [1.54, 1.807) is 0 Å². The van der Waals surface area contributed by atoms with E-state index in [9.17, 15) is 0 Å². The molecule has 2 nitrogen and oxygen atoms in total. The summed E-state index contributed by atoms with van der Waals surface area (Å²) >= 11 is 0. The van der Waals surface area contributed by atoms with E-state index in [-0.39, 0.29) is 11.6 Å². The highest BCUT2D eigenvalue weighted by molar-refractivity contribution is 5.27. The SMILES string of the molecule is CCCc1ccc(C(N)C2(OC)CCCCC2)cc1. The molecule has 0 bridgehead atoms. The van der Waals surface area contributed by atoms with E-state index in [1.807, 2.05) is 7.11 Å². The Kier molecular flexibility index (Phi) is 5.00. The molecule has 0 saturated heterocycles. The first-order chi connectivity index (χ1) is 9.22. The van der Waals surface area contributed by atoms with Crippen LogP contribution < -0.4 is 5.73 Å². The molecule has 1 aliphatic carbocycles. The van der Waals surface area contributed by atoms with E-state index in [0.29, 0.717) is 0 Å². The predicted molar refractivity (Wildman–Crippen MR) is 80.2 cm³/mol. The third-order valence-corrected chi connectivity index (χ3v) is 4.55. The van der Waals surface area contributed by atoms with Gasteiger partial charge in [0, 0.05) is 7.11 Å². The summed E-state index contributed by atoms with van der Waals surface area (Å²) in [4.78, 5) is 0. The van der Waals surface area contributed by atoms with Gasteiger partial charge in [0.05, 0.1) is 11.6 Å². The minimum atomic E-state index is -0.148. The van der Waals surface area contributed by atoms with Crippen molar-refractivity contribution < 1.29 is 4.74 Å².